The second kappa shape index (κ2) is 4.64. The SMILES string of the molecule is Cc1cc2c(c(O)c1O)CC[C@@H]1[C@@H]2CC[C@]2(C)[C@@H](O)CC[C@@H]12. The van der Waals surface area contributed by atoms with Crippen molar-refractivity contribution >= 4 is 0 Å². The zero-order valence-electron chi connectivity index (χ0n) is 13.5. The first-order chi connectivity index (χ1) is 10.4. The Bertz CT molecular complexity index is 624. The third kappa shape index (κ3) is 1.72. The van der Waals surface area contributed by atoms with Crippen LogP contribution in [0.3, 0.4) is 0 Å². The molecule has 0 saturated heterocycles. The van der Waals surface area contributed by atoms with E-state index in [1.165, 1.54) is 5.56 Å². The van der Waals surface area contributed by atoms with Crippen molar-refractivity contribution in [3.05, 3.63) is 22.8 Å². The van der Waals surface area contributed by atoms with Crippen molar-refractivity contribution < 1.29 is 15.3 Å². The Hall–Kier alpha value is -1.22. The topological polar surface area (TPSA) is 60.7 Å². The van der Waals surface area contributed by atoms with E-state index in [0.29, 0.717) is 17.8 Å². The van der Waals surface area contributed by atoms with E-state index >= 15 is 0 Å². The van der Waals surface area contributed by atoms with Gasteiger partial charge >= 0.3 is 0 Å². The number of aliphatic hydroxyl groups is 1. The van der Waals surface area contributed by atoms with E-state index in [2.05, 4.69) is 13.0 Å². The smallest absolute Gasteiger partial charge is 0.161 e. The Morgan fingerprint density at radius 2 is 1.86 bits per heavy atom. The maximum Gasteiger partial charge on any atom is 0.161 e. The number of aryl methyl sites for hydroxylation is 1. The third-order valence-electron chi connectivity index (χ3n) is 7.12. The van der Waals surface area contributed by atoms with E-state index < -0.39 is 0 Å². The lowest BCUT2D eigenvalue weighted by molar-refractivity contribution is -0.0227. The van der Waals surface area contributed by atoms with Crippen molar-refractivity contribution in [1.29, 1.82) is 0 Å². The molecular formula is C19H26O3. The summed E-state index contributed by atoms with van der Waals surface area (Å²) < 4.78 is 0. The van der Waals surface area contributed by atoms with E-state index in [-0.39, 0.29) is 23.0 Å². The number of hydrogen-bond acceptors (Lipinski definition) is 3. The van der Waals surface area contributed by atoms with E-state index in [1.54, 1.807) is 0 Å². The number of benzene rings is 1. The highest BCUT2D eigenvalue weighted by Gasteiger charge is 2.54. The number of phenols is 2. The second-order valence-corrected chi connectivity index (χ2v) is 8.01. The molecule has 0 heterocycles. The minimum atomic E-state index is -0.144. The largest absolute Gasteiger partial charge is 0.504 e. The molecule has 5 atom stereocenters. The maximum absolute atomic E-state index is 10.4. The van der Waals surface area contributed by atoms with Gasteiger partial charge in [-0.25, -0.2) is 0 Å². The van der Waals surface area contributed by atoms with Gasteiger partial charge < -0.3 is 15.3 Å². The van der Waals surface area contributed by atoms with Crippen molar-refractivity contribution in [1.82, 2.24) is 0 Å². The summed E-state index contributed by atoms with van der Waals surface area (Å²) in [5, 5.41) is 30.7. The van der Waals surface area contributed by atoms with Gasteiger partial charge in [-0.1, -0.05) is 13.0 Å². The molecule has 120 valence electrons. The van der Waals surface area contributed by atoms with Crippen LogP contribution in [0.1, 0.15) is 61.6 Å². The molecule has 0 unspecified atom stereocenters. The molecule has 2 fully saturated rings. The number of phenolic OH excluding ortho intramolecular Hbond substituents is 2. The standard InChI is InChI=1S/C19H26O3/c1-10-9-14-11-7-8-19(2)15(5-6-16(19)20)12(11)3-4-13(14)18(22)17(10)21/h9,11-12,15-16,20-22H,3-8H2,1-2H3/t11-,12+,15-,16-,19-/m0/s1. The van der Waals surface area contributed by atoms with Gasteiger partial charge in [-0.15, -0.1) is 0 Å². The van der Waals surface area contributed by atoms with Gasteiger partial charge in [-0.3, -0.25) is 0 Å². The Balaban J connectivity index is 1.76. The van der Waals surface area contributed by atoms with Crippen LogP contribution in [0.2, 0.25) is 0 Å². The van der Waals surface area contributed by atoms with Crippen LogP contribution >= 0.6 is 0 Å². The normalized spacial score (nSPS) is 40.0. The van der Waals surface area contributed by atoms with Crippen LogP contribution in [0.5, 0.6) is 11.5 Å². The van der Waals surface area contributed by atoms with Gasteiger partial charge in [0.1, 0.15) is 0 Å². The van der Waals surface area contributed by atoms with E-state index in [9.17, 15) is 15.3 Å². The lowest BCUT2D eigenvalue weighted by Gasteiger charge is -2.50. The molecular weight excluding hydrogens is 276 g/mol. The molecule has 0 aromatic heterocycles. The molecule has 4 rings (SSSR count). The van der Waals surface area contributed by atoms with Gasteiger partial charge in [-0.05, 0) is 79.7 Å². The van der Waals surface area contributed by atoms with Crippen LogP contribution in [-0.2, 0) is 6.42 Å². The molecule has 3 nitrogen and oxygen atoms in total. The lowest BCUT2D eigenvalue weighted by Crippen LogP contribution is -2.43. The third-order valence-corrected chi connectivity index (χ3v) is 7.12. The molecule has 3 N–H and O–H groups in total. The molecule has 0 radical (unpaired) electrons. The minimum absolute atomic E-state index is 0.0501. The fraction of sp³-hybridized carbons (Fsp3) is 0.684. The number of hydrogen-bond donors (Lipinski definition) is 3. The average molecular weight is 302 g/mol. The Labute approximate surface area is 132 Å². The van der Waals surface area contributed by atoms with E-state index in [1.807, 2.05) is 6.92 Å². The molecule has 3 heteroatoms. The predicted molar refractivity (Wildman–Crippen MR) is 85.1 cm³/mol. The highest BCUT2D eigenvalue weighted by Crippen LogP contribution is 2.61. The quantitative estimate of drug-likeness (QED) is 0.641. The summed E-state index contributed by atoms with van der Waals surface area (Å²) >= 11 is 0. The average Bonchev–Trinajstić information content (AvgIpc) is 2.80. The van der Waals surface area contributed by atoms with Crippen molar-refractivity contribution in [2.45, 2.75) is 64.4 Å². The maximum atomic E-state index is 10.4. The fourth-order valence-corrected chi connectivity index (χ4v) is 5.81. The van der Waals surface area contributed by atoms with E-state index in [0.717, 1.165) is 49.7 Å². The zero-order valence-corrected chi connectivity index (χ0v) is 13.5. The van der Waals surface area contributed by atoms with Gasteiger partial charge in [-0.2, -0.15) is 0 Å². The van der Waals surface area contributed by atoms with Crippen LogP contribution in [0.4, 0.5) is 0 Å². The van der Waals surface area contributed by atoms with Gasteiger partial charge in [0.25, 0.3) is 0 Å². The Morgan fingerprint density at radius 3 is 2.64 bits per heavy atom. The van der Waals surface area contributed by atoms with Crippen molar-refractivity contribution in [2.75, 3.05) is 0 Å². The number of fused-ring (bicyclic) bond motifs is 5. The van der Waals surface area contributed by atoms with Gasteiger partial charge in [0.2, 0.25) is 0 Å². The molecule has 3 aliphatic rings. The zero-order chi connectivity index (χ0) is 15.6. The highest BCUT2D eigenvalue weighted by atomic mass is 16.3. The summed E-state index contributed by atoms with van der Waals surface area (Å²) in [5.74, 6) is 1.86. The molecule has 1 aromatic carbocycles. The highest BCUT2D eigenvalue weighted by molar-refractivity contribution is 5.55. The summed E-state index contributed by atoms with van der Waals surface area (Å²) in [6, 6.07) is 2.09. The summed E-state index contributed by atoms with van der Waals surface area (Å²) in [5.41, 5.74) is 3.09. The first-order valence-corrected chi connectivity index (χ1v) is 8.66. The first kappa shape index (κ1) is 14.4. The predicted octanol–water partition coefficient (Wildman–Crippen LogP) is 3.62. The summed E-state index contributed by atoms with van der Waals surface area (Å²) in [4.78, 5) is 0. The molecule has 3 aliphatic carbocycles. The van der Waals surface area contributed by atoms with Crippen LogP contribution in [0.15, 0.2) is 6.07 Å². The second-order valence-electron chi connectivity index (χ2n) is 8.01. The Morgan fingerprint density at radius 1 is 1.09 bits per heavy atom. The minimum Gasteiger partial charge on any atom is -0.504 e. The van der Waals surface area contributed by atoms with Crippen molar-refractivity contribution in [2.24, 2.45) is 17.3 Å². The number of rotatable bonds is 0. The Kier molecular flexibility index (Phi) is 3.03. The lowest BCUT2D eigenvalue weighted by atomic mass is 9.55. The van der Waals surface area contributed by atoms with Crippen LogP contribution < -0.4 is 0 Å². The van der Waals surface area contributed by atoms with Crippen molar-refractivity contribution in [3.63, 3.8) is 0 Å². The van der Waals surface area contributed by atoms with Crippen LogP contribution in [0.25, 0.3) is 0 Å². The van der Waals surface area contributed by atoms with Gasteiger partial charge in [0, 0.05) is 5.56 Å². The van der Waals surface area contributed by atoms with Crippen LogP contribution in [-0.4, -0.2) is 21.4 Å². The summed E-state index contributed by atoms with van der Waals surface area (Å²) in [7, 11) is 0. The number of aliphatic hydroxyl groups excluding tert-OH is 1. The van der Waals surface area contributed by atoms with E-state index in [4.69, 9.17) is 0 Å². The molecule has 0 aliphatic heterocycles. The number of aromatic hydroxyl groups is 2. The monoisotopic (exact) mass is 302 g/mol. The molecule has 22 heavy (non-hydrogen) atoms. The first-order valence-electron chi connectivity index (χ1n) is 8.66. The van der Waals surface area contributed by atoms with Crippen molar-refractivity contribution in [3.8, 4) is 11.5 Å². The van der Waals surface area contributed by atoms with Gasteiger partial charge in [0.05, 0.1) is 6.10 Å². The van der Waals surface area contributed by atoms with Gasteiger partial charge in [0.15, 0.2) is 11.5 Å². The van der Waals surface area contributed by atoms with Crippen LogP contribution in [0, 0.1) is 24.2 Å². The molecule has 0 spiro atoms. The molecule has 1 aromatic rings. The molecule has 0 amide bonds. The summed E-state index contributed by atoms with van der Waals surface area (Å²) in [6.07, 6.45) is 6.01. The molecule has 0 bridgehead atoms. The molecule has 2 saturated carbocycles. The fourth-order valence-electron chi connectivity index (χ4n) is 5.81. The summed E-state index contributed by atoms with van der Waals surface area (Å²) in [6.45, 7) is 4.14.